The Bertz CT molecular complexity index is 809. The van der Waals surface area contributed by atoms with Gasteiger partial charge in [-0.3, -0.25) is 9.59 Å². The van der Waals surface area contributed by atoms with Crippen LogP contribution in [0.5, 0.6) is 0 Å². The molecule has 3 saturated carbocycles. The Hall–Kier alpha value is -1.22. The number of hydrogen-bond donors (Lipinski definition) is 0. The standard InChI is InChI=1S/C22H26ClFO2/c1-10-8-16(25)19(23)18-12(3)11(2)17-13(22(10,18)5)6-7-21(4)14(17)9-15(24)20(21)26/h8,11,13-15,17H,3,6-7,9H2,1-2,4-5H3/t11?,13-,14-,15?,17+,21-,22+/m0/s1. The summed E-state index contributed by atoms with van der Waals surface area (Å²) in [7, 11) is 0. The molecule has 26 heavy (non-hydrogen) atoms. The summed E-state index contributed by atoms with van der Waals surface area (Å²) in [4.78, 5) is 24.9. The maximum Gasteiger partial charge on any atom is 0.197 e. The van der Waals surface area contributed by atoms with E-state index in [0.29, 0.717) is 12.8 Å². The van der Waals surface area contributed by atoms with Crippen LogP contribution in [0.1, 0.15) is 47.0 Å². The Morgan fingerprint density at radius 1 is 1.27 bits per heavy atom. The van der Waals surface area contributed by atoms with Crippen LogP contribution >= 0.6 is 11.6 Å². The molecule has 140 valence electrons. The fourth-order valence-corrected chi connectivity index (χ4v) is 7.06. The van der Waals surface area contributed by atoms with E-state index in [1.54, 1.807) is 6.08 Å². The topological polar surface area (TPSA) is 34.1 Å². The number of carbonyl (C=O) groups is 2. The van der Waals surface area contributed by atoms with Crippen molar-refractivity contribution in [3.63, 3.8) is 0 Å². The molecule has 0 bridgehead atoms. The molecule has 0 aliphatic heterocycles. The molecule has 4 rings (SSSR count). The van der Waals surface area contributed by atoms with E-state index in [1.807, 2.05) is 13.8 Å². The van der Waals surface area contributed by atoms with Crippen molar-refractivity contribution < 1.29 is 14.0 Å². The predicted molar refractivity (Wildman–Crippen MR) is 100 cm³/mol. The largest absolute Gasteiger partial charge is 0.296 e. The number of hydrogen-bond acceptors (Lipinski definition) is 2. The molecule has 0 spiro atoms. The molecule has 0 heterocycles. The molecule has 4 heteroatoms. The first-order valence-corrected chi connectivity index (χ1v) is 9.93. The quantitative estimate of drug-likeness (QED) is 0.583. The number of allylic oxidation sites excluding steroid dienone is 5. The Labute approximate surface area is 159 Å². The average Bonchev–Trinajstić information content (AvgIpc) is 2.81. The van der Waals surface area contributed by atoms with Crippen molar-refractivity contribution in [1.82, 2.24) is 0 Å². The van der Waals surface area contributed by atoms with E-state index in [2.05, 4.69) is 20.4 Å². The molecule has 0 aromatic carbocycles. The third-order valence-corrected chi connectivity index (χ3v) is 8.72. The van der Waals surface area contributed by atoms with Crippen LogP contribution < -0.4 is 0 Å². The van der Waals surface area contributed by atoms with Gasteiger partial charge in [-0.15, -0.1) is 0 Å². The lowest BCUT2D eigenvalue weighted by atomic mass is 9.44. The smallest absolute Gasteiger partial charge is 0.197 e. The minimum Gasteiger partial charge on any atom is -0.296 e. The SMILES string of the molecule is C=C1C2=C(Cl)C(=O)C=C(C)[C@]2(C)[C@H]2CC[C@]3(C)C(=O)C(F)C[C@H]3[C@@H]2C1C. The van der Waals surface area contributed by atoms with Gasteiger partial charge < -0.3 is 0 Å². The van der Waals surface area contributed by atoms with Gasteiger partial charge in [-0.05, 0) is 67.1 Å². The lowest BCUT2D eigenvalue weighted by molar-refractivity contribution is -0.135. The van der Waals surface area contributed by atoms with Crippen LogP contribution in [-0.2, 0) is 9.59 Å². The molecule has 2 nitrogen and oxygen atoms in total. The highest BCUT2D eigenvalue weighted by atomic mass is 35.5. The Morgan fingerprint density at radius 2 is 1.92 bits per heavy atom. The Balaban J connectivity index is 1.89. The zero-order valence-electron chi connectivity index (χ0n) is 15.9. The molecule has 0 aromatic rings. The van der Waals surface area contributed by atoms with Crippen LogP contribution in [0.15, 0.2) is 34.4 Å². The highest BCUT2D eigenvalue weighted by Gasteiger charge is 2.64. The van der Waals surface area contributed by atoms with Gasteiger partial charge in [-0.25, -0.2) is 4.39 Å². The van der Waals surface area contributed by atoms with E-state index in [4.69, 9.17) is 11.6 Å². The van der Waals surface area contributed by atoms with Gasteiger partial charge in [-0.1, -0.05) is 44.5 Å². The van der Waals surface area contributed by atoms with Crippen molar-refractivity contribution in [3.8, 4) is 0 Å². The third kappa shape index (κ3) is 1.93. The zero-order valence-corrected chi connectivity index (χ0v) is 16.6. The first kappa shape index (κ1) is 18.2. The van der Waals surface area contributed by atoms with Crippen LogP contribution in [0, 0.1) is 34.5 Å². The lowest BCUT2D eigenvalue weighted by Crippen LogP contribution is -2.54. The van der Waals surface area contributed by atoms with E-state index in [-0.39, 0.29) is 45.7 Å². The van der Waals surface area contributed by atoms with Gasteiger partial charge in [-0.2, -0.15) is 0 Å². The van der Waals surface area contributed by atoms with Crippen LogP contribution in [-0.4, -0.2) is 17.7 Å². The molecule has 0 aromatic heterocycles. The predicted octanol–water partition coefficient (Wildman–Crippen LogP) is 5.18. The molecule has 0 amide bonds. The molecule has 2 unspecified atom stereocenters. The van der Waals surface area contributed by atoms with Gasteiger partial charge in [0.25, 0.3) is 0 Å². The average molecular weight is 377 g/mol. The van der Waals surface area contributed by atoms with Gasteiger partial charge in [0.2, 0.25) is 0 Å². The number of alkyl halides is 1. The molecule has 4 aliphatic carbocycles. The first-order valence-electron chi connectivity index (χ1n) is 9.56. The van der Waals surface area contributed by atoms with Gasteiger partial charge in [0, 0.05) is 10.8 Å². The summed E-state index contributed by atoms with van der Waals surface area (Å²) in [5.41, 5.74) is 1.84. The number of ketones is 2. The normalized spacial score (nSPS) is 48.2. The van der Waals surface area contributed by atoms with Crippen molar-refractivity contribution in [2.45, 2.75) is 53.1 Å². The van der Waals surface area contributed by atoms with Crippen molar-refractivity contribution in [3.05, 3.63) is 34.4 Å². The number of carbonyl (C=O) groups excluding carboxylic acids is 2. The summed E-state index contributed by atoms with van der Waals surface area (Å²) in [6.45, 7) is 12.5. The van der Waals surface area contributed by atoms with E-state index in [9.17, 15) is 14.0 Å². The number of rotatable bonds is 0. The highest BCUT2D eigenvalue weighted by molar-refractivity contribution is 6.45. The van der Waals surface area contributed by atoms with Gasteiger partial charge in [0.1, 0.15) is 0 Å². The first-order chi connectivity index (χ1) is 12.0. The van der Waals surface area contributed by atoms with Crippen molar-refractivity contribution in [1.29, 1.82) is 0 Å². The third-order valence-electron chi connectivity index (χ3n) is 8.34. The van der Waals surface area contributed by atoms with Crippen LogP contribution in [0.4, 0.5) is 4.39 Å². The maximum atomic E-state index is 14.4. The zero-order chi connectivity index (χ0) is 19.2. The van der Waals surface area contributed by atoms with Crippen LogP contribution in [0.2, 0.25) is 0 Å². The second-order valence-corrected chi connectivity index (χ2v) is 9.59. The fourth-order valence-electron chi connectivity index (χ4n) is 6.69. The lowest BCUT2D eigenvalue weighted by Gasteiger charge is -2.59. The Morgan fingerprint density at radius 3 is 2.58 bits per heavy atom. The highest BCUT2D eigenvalue weighted by Crippen LogP contribution is 2.68. The van der Waals surface area contributed by atoms with Crippen LogP contribution in [0.25, 0.3) is 0 Å². The van der Waals surface area contributed by atoms with E-state index in [0.717, 1.165) is 23.1 Å². The molecule has 0 N–H and O–H groups in total. The van der Waals surface area contributed by atoms with E-state index in [1.165, 1.54) is 0 Å². The van der Waals surface area contributed by atoms with Gasteiger partial charge in [0.05, 0.1) is 5.03 Å². The minimum absolute atomic E-state index is 0.0260. The fraction of sp³-hybridized carbons (Fsp3) is 0.636. The summed E-state index contributed by atoms with van der Waals surface area (Å²) in [6, 6.07) is 0. The Kier molecular flexibility index (Phi) is 3.77. The molecule has 4 aliphatic rings. The van der Waals surface area contributed by atoms with E-state index < -0.39 is 11.6 Å². The van der Waals surface area contributed by atoms with Gasteiger partial charge in [0.15, 0.2) is 17.7 Å². The molecule has 3 fully saturated rings. The van der Waals surface area contributed by atoms with Crippen molar-refractivity contribution in [2.75, 3.05) is 0 Å². The van der Waals surface area contributed by atoms with E-state index >= 15 is 0 Å². The van der Waals surface area contributed by atoms with Crippen LogP contribution in [0.3, 0.4) is 0 Å². The molecule has 0 radical (unpaired) electrons. The summed E-state index contributed by atoms with van der Waals surface area (Å²) in [5, 5.41) is 0.285. The maximum absolute atomic E-state index is 14.4. The van der Waals surface area contributed by atoms with Crippen molar-refractivity contribution >= 4 is 23.2 Å². The molecule has 0 saturated heterocycles. The molecular formula is C22H26ClFO2. The summed E-state index contributed by atoms with van der Waals surface area (Å²) < 4.78 is 14.4. The van der Waals surface area contributed by atoms with Gasteiger partial charge >= 0.3 is 0 Å². The molecule has 7 atom stereocenters. The second kappa shape index (κ2) is 5.41. The molecular weight excluding hydrogens is 351 g/mol. The minimum atomic E-state index is -1.35. The van der Waals surface area contributed by atoms with Crippen molar-refractivity contribution in [2.24, 2.45) is 34.5 Å². The monoisotopic (exact) mass is 376 g/mol. The summed E-state index contributed by atoms with van der Waals surface area (Å²) in [5.74, 6) is 0.169. The number of halogens is 2. The second-order valence-electron chi connectivity index (χ2n) is 9.21. The summed E-state index contributed by atoms with van der Waals surface area (Å²) in [6.07, 6.45) is 2.18. The number of fused-ring (bicyclic) bond motifs is 5. The number of Topliss-reactive ketones (excluding diaryl/α,β-unsaturated/α-hetero) is 1. The summed E-state index contributed by atoms with van der Waals surface area (Å²) >= 11 is 6.48.